The third kappa shape index (κ3) is 4.21. The van der Waals surface area contributed by atoms with Crippen LogP contribution in [0.25, 0.3) is 10.1 Å². The van der Waals surface area contributed by atoms with Crippen LogP contribution in [0.3, 0.4) is 0 Å². The first kappa shape index (κ1) is 21.9. The number of benzene rings is 1. The molecule has 5 rings (SSSR count). The smallest absolute Gasteiger partial charge is 0.337 e. The van der Waals surface area contributed by atoms with Crippen LogP contribution >= 0.6 is 22.9 Å². The molecular formula is C26H23ClN2O3S. The van der Waals surface area contributed by atoms with Crippen LogP contribution in [-0.2, 0) is 20.9 Å². The lowest BCUT2D eigenvalue weighted by Crippen LogP contribution is -2.32. The van der Waals surface area contributed by atoms with Crippen LogP contribution in [0.15, 0.2) is 70.6 Å². The molecule has 0 spiro atoms. The Morgan fingerprint density at radius 1 is 1.18 bits per heavy atom. The molecule has 0 radical (unpaired) electrons. The molecule has 1 aliphatic carbocycles. The Balaban J connectivity index is 1.63. The number of halogens is 1. The van der Waals surface area contributed by atoms with Crippen molar-refractivity contribution in [2.75, 3.05) is 0 Å². The van der Waals surface area contributed by atoms with Gasteiger partial charge in [-0.2, -0.15) is 0 Å². The molecule has 2 aliphatic rings. The number of ether oxygens (including phenoxy) is 1. The Kier molecular flexibility index (Phi) is 5.81. The van der Waals surface area contributed by atoms with Gasteiger partial charge in [0, 0.05) is 45.0 Å². The number of allylic oxidation sites excluding steroid dienone is 3. The molecule has 1 aromatic carbocycles. The van der Waals surface area contributed by atoms with Crippen LogP contribution < -0.4 is 5.32 Å². The van der Waals surface area contributed by atoms with Gasteiger partial charge in [-0.05, 0) is 84.8 Å². The lowest BCUT2D eigenvalue weighted by Gasteiger charge is -2.31. The van der Waals surface area contributed by atoms with Crippen LogP contribution in [0.4, 0.5) is 0 Å². The summed E-state index contributed by atoms with van der Waals surface area (Å²) in [4.78, 5) is 30.5. The van der Waals surface area contributed by atoms with E-state index in [-0.39, 0.29) is 18.3 Å². The minimum absolute atomic E-state index is 0.0688. The summed E-state index contributed by atoms with van der Waals surface area (Å²) in [5.41, 5.74) is 4.57. The SMILES string of the molecule is CC(=O)C1=C(C)NC(C2CC2)=C(C(=O)OCc2ccncc2)C1c1csc2ccc(Cl)cc12. The molecule has 0 amide bonds. The lowest BCUT2D eigenvalue weighted by atomic mass is 9.78. The molecule has 1 unspecified atom stereocenters. The van der Waals surface area contributed by atoms with Gasteiger partial charge in [0.2, 0.25) is 0 Å². The predicted octanol–water partition coefficient (Wildman–Crippen LogP) is 5.91. The van der Waals surface area contributed by atoms with Crippen molar-refractivity contribution < 1.29 is 14.3 Å². The van der Waals surface area contributed by atoms with E-state index in [1.54, 1.807) is 30.7 Å². The third-order valence-corrected chi connectivity index (χ3v) is 7.39. The maximum Gasteiger partial charge on any atom is 0.337 e. The molecule has 0 saturated heterocycles. The van der Waals surface area contributed by atoms with Gasteiger partial charge in [-0.1, -0.05) is 11.6 Å². The van der Waals surface area contributed by atoms with Gasteiger partial charge in [0.15, 0.2) is 5.78 Å². The van der Waals surface area contributed by atoms with E-state index in [0.717, 1.165) is 45.4 Å². The Bertz CT molecular complexity index is 1320. The van der Waals surface area contributed by atoms with E-state index in [4.69, 9.17) is 16.3 Å². The molecule has 7 heteroatoms. The van der Waals surface area contributed by atoms with E-state index in [1.165, 1.54) is 0 Å². The second-order valence-electron chi connectivity index (χ2n) is 8.52. The van der Waals surface area contributed by atoms with Crippen LogP contribution in [0, 0.1) is 5.92 Å². The normalized spacial score (nSPS) is 18.5. The summed E-state index contributed by atoms with van der Waals surface area (Å²) in [7, 11) is 0. The van der Waals surface area contributed by atoms with Crippen molar-refractivity contribution in [2.45, 2.75) is 39.2 Å². The first-order chi connectivity index (χ1) is 15.9. The first-order valence-electron chi connectivity index (χ1n) is 10.9. The number of fused-ring (bicyclic) bond motifs is 1. The maximum atomic E-state index is 13.6. The fraction of sp³-hybridized carbons (Fsp3) is 0.269. The highest BCUT2D eigenvalue weighted by molar-refractivity contribution is 7.17. The van der Waals surface area contributed by atoms with E-state index in [1.807, 2.05) is 42.6 Å². The molecule has 168 valence electrons. The van der Waals surface area contributed by atoms with E-state index >= 15 is 0 Å². The third-order valence-electron chi connectivity index (χ3n) is 6.17. The van der Waals surface area contributed by atoms with Gasteiger partial charge in [-0.3, -0.25) is 9.78 Å². The molecule has 1 fully saturated rings. The van der Waals surface area contributed by atoms with Gasteiger partial charge >= 0.3 is 5.97 Å². The molecule has 1 saturated carbocycles. The van der Waals surface area contributed by atoms with Gasteiger partial charge in [0.25, 0.3) is 0 Å². The number of thiophene rings is 1. The van der Waals surface area contributed by atoms with Gasteiger partial charge in [0.05, 0.1) is 5.57 Å². The number of aromatic nitrogens is 1. The highest BCUT2D eigenvalue weighted by Gasteiger charge is 2.42. The number of esters is 1. The maximum absolute atomic E-state index is 13.6. The average molecular weight is 479 g/mol. The van der Waals surface area contributed by atoms with Crippen molar-refractivity contribution in [3.8, 4) is 0 Å². The fourth-order valence-corrected chi connectivity index (χ4v) is 5.64. The number of pyridine rings is 1. The number of dihydropyridines is 1. The van der Waals surface area contributed by atoms with Crippen LogP contribution in [0.5, 0.6) is 0 Å². The van der Waals surface area contributed by atoms with Gasteiger partial charge in [-0.15, -0.1) is 11.3 Å². The molecule has 1 atom stereocenters. The van der Waals surface area contributed by atoms with Crippen molar-refractivity contribution in [3.63, 3.8) is 0 Å². The zero-order valence-corrected chi connectivity index (χ0v) is 19.9. The Morgan fingerprint density at radius 2 is 1.94 bits per heavy atom. The number of rotatable bonds is 6. The molecular weight excluding hydrogens is 456 g/mol. The monoisotopic (exact) mass is 478 g/mol. The molecule has 1 N–H and O–H groups in total. The van der Waals surface area contributed by atoms with Crippen molar-refractivity contribution in [3.05, 3.63) is 86.8 Å². The highest BCUT2D eigenvalue weighted by Crippen LogP contribution is 2.48. The van der Waals surface area contributed by atoms with Crippen LogP contribution in [0.1, 0.15) is 43.7 Å². The zero-order valence-electron chi connectivity index (χ0n) is 18.4. The minimum atomic E-state index is -0.503. The van der Waals surface area contributed by atoms with Gasteiger partial charge in [0.1, 0.15) is 6.61 Å². The molecule has 5 nitrogen and oxygen atoms in total. The number of nitrogens with zero attached hydrogens (tertiary/aromatic N) is 1. The standard InChI is InChI=1S/C26H23ClN2O3S/c1-14-22(15(2)30)23(20-13-33-21-6-5-18(27)11-19(20)21)24(25(29-14)17-3-4-17)26(31)32-12-16-7-9-28-10-8-16/h5-11,13,17,23,29H,3-4,12H2,1-2H3. The number of ketones is 1. The van der Waals surface area contributed by atoms with E-state index in [9.17, 15) is 9.59 Å². The summed E-state index contributed by atoms with van der Waals surface area (Å²) in [5.74, 6) is -0.705. The summed E-state index contributed by atoms with van der Waals surface area (Å²) in [6.45, 7) is 3.60. The van der Waals surface area contributed by atoms with Crippen LogP contribution in [0.2, 0.25) is 5.02 Å². The Hall–Kier alpha value is -2.96. The minimum Gasteiger partial charge on any atom is -0.457 e. The van der Waals surface area contributed by atoms with Crippen molar-refractivity contribution >= 4 is 44.8 Å². The molecule has 33 heavy (non-hydrogen) atoms. The van der Waals surface area contributed by atoms with Crippen molar-refractivity contribution in [1.82, 2.24) is 10.3 Å². The summed E-state index contributed by atoms with van der Waals surface area (Å²) in [6, 6.07) is 9.38. The van der Waals surface area contributed by atoms with Gasteiger partial charge < -0.3 is 10.1 Å². The molecule has 3 aromatic rings. The number of carbonyl (C=O) groups excluding carboxylic acids is 2. The average Bonchev–Trinajstić information content (AvgIpc) is 3.57. The fourth-order valence-electron chi connectivity index (χ4n) is 4.50. The zero-order chi connectivity index (χ0) is 23.1. The van der Waals surface area contributed by atoms with Gasteiger partial charge in [-0.25, -0.2) is 4.79 Å². The molecule has 2 aromatic heterocycles. The number of hydrogen-bond acceptors (Lipinski definition) is 6. The lowest BCUT2D eigenvalue weighted by molar-refractivity contribution is -0.140. The first-order valence-corrected chi connectivity index (χ1v) is 12.1. The van der Waals surface area contributed by atoms with Crippen molar-refractivity contribution in [1.29, 1.82) is 0 Å². The topological polar surface area (TPSA) is 68.3 Å². The quantitative estimate of drug-likeness (QED) is 0.446. The second-order valence-corrected chi connectivity index (χ2v) is 9.87. The van der Waals surface area contributed by atoms with Crippen molar-refractivity contribution in [2.24, 2.45) is 5.92 Å². The predicted molar refractivity (Wildman–Crippen MR) is 130 cm³/mol. The number of carbonyl (C=O) groups is 2. The summed E-state index contributed by atoms with van der Waals surface area (Å²) in [5, 5.41) is 7.01. The highest BCUT2D eigenvalue weighted by atomic mass is 35.5. The summed E-state index contributed by atoms with van der Waals surface area (Å²) >= 11 is 7.91. The van der Waals surface area contributed by atoms with E-state index < -0.39 is 11.9 Å². The Morgan fingerprint density at radius 3 is 2.64 bits per heavy atom. The van der Waals surface area contributed by atoms with Crippen LogP contribution in [-0.4, -0.2) is 16.7 Å². The molecule has 3 heterocycles. The van der Waals surface area contributed by atoms with E-state index in [2.05, 4.69) is 10.3 Å². The second kappa shape index (κ2) is 8.76. The number of nitrogens with one attached hydrogen (secondary N) is 1. The largest absolute Gasteiger partial charge is 0.457 e. The number of hydrogen-bond donors (Lipinski definition) is 1. The summed E-state index contributed by atoms with van der Waals surface area (Å²) < 4.78 is 6.84. The van der Waals surface area contributed by atoms with E-state index in [0.29, 0.717) is 16.2 Å². The summed E-state index contributed by atoms with van der Waals surface area (Å²) in [6.07, 6.45) is 5.36. The Labute approximate surface area is 201 Å². The molecule has 1 aliphatic heterocycles. The number of Topliss-reactive ketones (excluding diaryl/α,β-unsaturated/α-hetero) is 1. The molecule has 0 bridgehead atoms.